The number of carbonyl (C=O) groups is 1. The average molecular weight is 255 g/mol. The van der Waals surface area contributed by atoms with Crippen LogP contribution in [0.2, 0.25) is 0 Å². The van der Waals surface area contributed by atoms with Crippen molar-refractivity contribution in [2.75, 3.05) is 5.75 Å². The highest BCUT2D eigenvalue weighted by atomic mass is 32.1. The SMILES string of the molecule is O=C(CS)N(C1CCCCC1)C1CCCCC1. The molecule has 0 spiro atoms. The number of nitrogens with zero attached hydrogens (tertiary/aromatic N) is 1. The molecule has 0 bridgehead atoms. The summed E-state index contributed by atoms with van der Waals surface area (Å²) in [4.78, 5) is 14.4. The second-order valence-corrected chi connectivity index (χ2v) is 5.86. The molecule has 2 aliphatic carbocycles. The minimum Gasteiger partial charge on any atom is -0.336 e. The van der Waals surface area contributed by atoms with Crippen molar-refractivity contribution in [1.82, 2.24) is 4.90 Å². The number of amides is 1. The second kappa shape index (κ2) is 6.67. The first-order chi connectivity index (χ1) is 8.33. The van der Waals surface area contributed by atoms with Gasteiger partial charge in [0.25, 0.3) is 0 Å². The number of carbonyl (C=O) groups excluding carboxylic acids is 1. The molecule has 0 atom stereocenters. The molecule has 2 aliphatic rings. The van der Waals surface area contributed by atoms with Gasteiger partial charge in [-0.25, -0.2) is 0 Å². The molecule has 0 radical (unpaired) electrons. The molecule has 2 saturated carbocycles. The van der Waals surface area contributed by atoms with Gasteiger partial charge in [0.1, 0.15) is 0 Å². The Hall–Kier alpha value is -0.180. The Morgan fingerprint density at radius 3 is 1.65 bits per heavy atom. The molecular formula is C14H25NOS. The predicted octanol–water partition coefficient (Wildman–Crippen LogP) is 3.41. The van der Waals surface area contributed by atoms with Crippen molar-refractivity contribution in [1.29, 1.82) is 0 Å². The van der Waals surface area contributed by atoms with Gasteiger partial charge in [0.15, 0.2) is 0 Å². The first kappa shape index (κ1) is 13.3. The van der Waals surface area contributed by atoms with Crippen LogP contribution in [0.5, 0.6) is 0 Å². The molecule has 2 fully saturated rings. The fourth-order valence-electron chi connectivity index (χ4n) is 3.51. The fraction of sp³-hybridized carbons (Fsp3) is 0.929. The number of thiol groups is 1. The van der Waals surface area contributed by atoms with Gasteiger partial charge in [-0.1, -0.05) is 38.5 Å². The lowest BCUT2D eigenvalue weighted by atomic mass is 9.88. The van der Waals surface area contributed by atoms with E-state index < -0.39 is 0 Å². The van der Waals surface area contributed by atoms with E-state index in [0.29, 0.717) is 17.8 Å². The van der Waals surface area contributed by atoms with E-state index in [2.05, 4.69) is 17.5 Å². The maximum atomic E-state index is 12.2. The van der Waals surface area contributed by atoms with Crippen LogP contribution in [0.4, 0.5) is 0 Å². The Morgan fingerprint density at radius 2 is 1.29 bits per heavy atom. The molecule has 2 nitrogen and oxygen atoms in total. The Labute approximate surface area is 111 Å². The maximum Gasteiger partial charge on any atom is 0.232 e. The fourth-order valence-corrected chi connectivity index (χ4v) is 3.67. The summed E-state index contributed by atoms with van der Waals surface area (Å²) in [5.74, 6) is 0.652. The van der Waals surface area contributed by atoms with Crippen molar-refractivity contribution in [3.63, 3.8) is 0 Å². The van der Waals surface area contributed by atoms with Crippen molar-refractivity contribution in [3.8, 4) is 0 Å². The van der Waals surface area contributed by atoms with Gasteiger partial charge in [0.05, 0.1) is 5.75 Å². The minimum atomic E-state index is 0.270. The Bertz CT molecular complexity index is 227. The summed E-state index contributed by atoms with van der Waals surface area (Å²) < 4.78 is 0. The quantitative estimate of drug-likeness (QED) is 0.766. The van der Waals surface area contributed by atoms with E-state index in [4.69, 9.17) is 0 Å². The zero-order valence-electron chi connectivity index (χ0n) is 10.7. The zero-order valence-corrected chi connectivity index (χ0v) is 11.6. The summed E-state index contributed by atoms with van der Waals surface area (Å²) in [5.41, 5.74) is 0. The lowest BCUT2D eigenvalue weighted by Crippen LogP contribution is -2.49. The van der Waals surface area contributed by atoms with Gasteiger partial charge in [-0.05, 0) is 25.7 Å². The van der Waals surface area contributed by atoms with Gasteiger partial charge < -0.3 is 4.90 Å². The monoisotopic (exact) mass is 255 g/mol. The van der Waals surface area contributed by atoms with E-state index in [1.807, 2.05) is 0 Å². The van der Waals surface area contributed by atoms with Crippen LogP contribution < -0.4 is 0 Å². The molecule has 0 aromatic carbocycles. The van der Waals surface area contributed by atoms with E-state index in [9.17, 15) is 4.79 Å². The van der Waals surface area contributed by atoms with Gasteiger partial charge in [-0.3, -0.25) is 4.79 Å². The first-order valence-corrected chi connectivity index (χ1v) is 7.88. The summed E-state index contributed by atoms with van der Waals surface area (Å²) in [6.07, 6.45) is 12.8. The van der Waals surface area contributed by atoms with E-state index in [1.165, 1.54) is 64.2 Å². The van der Waals surface area contributed by atoms with Crippen molar-refractivity contribution < 1.29 is 4.79 Å². The molecule has 0 heterocycles. The third kappa shape index (κ3) is 3.40. The molecule has 3 heteroatoms. The predicted molar refractivity (Wildman–Crippen MR) is 74.4 cm³/mol. The van der Waals surface area contributed by atoms with Gasteiger partial charge in [-0.15, -0.1) is 0 Å². The van der Waals surface area contributed by atoms with Crippen molar-refractivity contribution in [3.05, 3.63) is 0 Å². The summed E-state index contributed by atoms with van der Waals surface area (Å²) in [5, 5.41) is 0. The van der Waals surface area contributed by atoms with E-state index in [0.717, 1.165) is 0 Å². The highest BCUT2D eigenvalue weighted by Crippen LogP contribution is 2.30. The molecule has 2 rings (SSSR count). The van der Waals surface area contributed by atoms with Gasteiger partial charge >= 0.3 is 0 Å². The molecule has 0 unspecified atom stereocenters. The van der Waals surface area contributed by atoms with E-state index in [1.54, 1.807) is 0 Å². The van der Waals surface area contributed by atoms with Gasteiger partial charge in [0, 0.05) is 12.1 Å². The van der Waals surface area contributed by atoms with E-state index in [-0.39, 0.29) is 5.91 Å². The van der Waals surface area contributed by atoms with Crippen LogP contribution in [0.15, 0.2) is 0 Å². The Morgan fingerprint density at radius 1 is 0.882 bits per heavy atom. The van der Waals surface area contributed by atoms with Crippen molar-refractivity contribution >= 4 is 18.5 Å². The lowest BCUT2D eigenvalue weighted by Gasteiger charge is -2.41. The van der Waals surface area contributed by atoms with Crippen LogP contribution in [0.1, 0.15) is 64.2 Å². The first-order valence-electron chi connectivity index (χ1n) is 7.25. The standard InChI is InChI=1S/C14H25NOS/c16-14(11-17)15(12-7-3-1-4-8-12)13-9-5-2-6-10-13/h12-13,17H,1-11H2. The van der Waals surface area contributed by atoms with E-state index >= 15 is 0 Å². The molecule has 0 aromatic rings. The molecule has 1 amide bonds. The summed E-state index contributed by atoms with van der Waals surface area (Å²) >= 11 is 4.20. The zero-order chi connectivity index (χ0) is 12.1. The van der Waals surface area contributed by atoms with Crippen LogP contribution in [0.3, 0.4) is 0 Å². The van der Waals surface area contributed by atoms with Gasteiger partial charge in [0.2, 0.25) is 5.91 Å². The molecule has 0 saturated heterocycles. The van der Waals surface area contributed by atoms with Crippen molar-refractivity contribution in [2.45, 2.75) is 76.3 Å². The number of hydrogen-bond donors (Lipinski definition) is 1. The lowest BCUT2D eigenvalue weighted by molar-refractivity contribution is -0.135. The minimum absolute atomic E-state index is 0.270. The van der Waals surface area contributed by atoms with Gasteiger partial charge in [-0.2, -0.15) is 12.6 Å². The van der Waals surface area contributed by atoms with Crippen LogP contribution >= 0.6 is 12.6 Å². The van der Waals surface area contributed by atoms with Crippen molar-refractivity contribution in [2.24, 2.45) is 0 Å². The molecule has 17 heavy (non-hydrogen) atoms. The van der Waals surface area contributed by atoms with Crippen LogP contribution in [-0.4, -0.2) is 28.6 Å². The summed E-state index contributed by atoms with van der Waals surface area (Å²) in [7, 11) is 0. The smallest absolute Gasteiger partial charge is 0.232 e. The normalized spacial score (nSPS) is 23.6. The van der Waals surface area contributed by atoms with Crippen LogP contribution in [0.25, 0.3) is 0 Å². The Kier molecular flexibility index (Phi) is 5.20. The summed E-state index contributed by atoms with van der Waals surface area (Å²) in [6.45, 7) is 0. The van der Waals surface area contributed by atoms with Crippen LogP contribution in [-0.2, 0) is 4.79 Å². The third-order valence-electron chi connectivity index (χ3n) is 4.36. The molecule has 98 valence electrons. The summed E-state index contributed by atoms with van der Waals surface area (Å²) in [6, 6.07) is 1.04. The maximum absolute atomic E-state index is 12.2. The average Bonchev–Trinajstić information content (AvgIpc) is 2.41. The Balaban J connectivity index is 2.02. The highest BCUT2D eigenvalue weighted by molar-refractivity contribution is 7.81. The molecular weight excluding hydrogens is 230 g/mol. The molecule has 0 aliphatic heterocycles. The largest absolute Gasteiger partial charge is 0.336 e. The van der Waals surface area contributed by atoms with Crippen LogP contribution in [0, 0.1) is 0 Å². The molecule has 0 N–H and O–H groups in total. The topological polar surface area (TPSA) is 20.3 Å². The number of hydrogen-bond acceptors (Lipinski definition) is 2. The third-order valence-corrected chi connectivity index (χ3v) is 4.63. The number of rotatable bonds is 3. The molecule has 0 aromatic heterocycles. The highest BCUT2D eigenvalue weighted by Gasteiger charge is 2.31. The second-order valence-electron chi connectivity index (χ2n) is 5.54.